The predicted octanol–water partition coefficient (Wildman–Crippen LogP) is 12.3. The van der Waals surface area contributed by atoms with Gasteiger partial charge in [-0.25, -0.2) is 4.18 Å². The van der Waals surface area contributed by atoms with Crippen LogP contribution in [-0.2, 0) is 28.9 Å². The smallest absolute Gasteiger partial charge is 0.394 e. The summed E-state index contributed by atoms with van der Waals surface area (Å²) in [6.45, 7) is 3.41. The molecule has 1 amide bonds. The number of carbonyl (C=O) groups is 1. The fourth-order valence-electron chi connectivity index (χ4n) is 9.05. The van der Waals surface area contributed by atoms with Crippen LogP contribution < -0.4 is 5.32 Å². The molecular formula is C53H103NO11S. The first kappa shape index (κ1) is 62.9. The van der Waals surface area contributed by atoms with Crippen molar-refractivity contribution < 1.29 is 51.8 Å². The summed E-state index contributed by atoms with van der Waals surface area (Å²) in [5.74, 6) is -0.257. The van der Waals surface area contributed by atoms with E-state index in [0.29, 0.717) is 6.42 Å². The predicted molar refractivity (Wildman–Crippen MR) is 269 cm³/mol. The van der Waals surface area contributed by atoms with Gasteiger partial charge < -0.3 is 35.2 Å². The Labute approximate surface area is 404 Å². The second kappa shape index (κ2) is 43.8. The van der Waals surface area contributed by atoms with Crippen LogP contribution in [0.15, 0.2) is 12.2 Å². The molecule has 13 heteroatoms. The molecule has 1 heterocycles. The average Bonchev–Trinajstić information content (AvgIpc) is 3.29. The first-order valence-electron chi connectivity index (χ1n) is 27.6. The number of hydrogen-bond donors (Lipinski definition) is 6. The number of amides is 1. The standard InChI is InChI=1S/C53H103NO11S/c1-3-5-7-9-11-13-15-17-18-19-20-21-22-23-24-25-26-27-28-29-31-33-35-37-39-41-43-49(57)54-46(47(56)42-40-38-36-34-32-30-16-14-12-10-8-6-4-2)45-63-53-51(59)52(65-66(60,61)62)50(58)48(44-55)64-53/h40,42,46-48,50-53,55-56,58-59H,3-39,41,43-45H2,1-2H3,(H,54,57)(H,60,61,62)/b42-40+. The molecule has 6 N–H and O–H groups in total. The van der Waals surface area contributed by atoms with Gasteiger partial charge in [0.25, 0.3) is 0 Å². The Morgan fingerprint density at radius 3 is 1.32 bits per heavy atom. The molecule has 12 nitrogen and oxygen atoms in total. The molecule has 0 radical (unpaired) electrons. The van der Waals surface area contributed by atoms with Crippen LogP contribution in [0.5, 0.6) is 0 Å². The highest BCUT2D eigenvalue weighted by Crippen LogP contribution is 2.26. The van der Waals surface area contributed by atoms with Gasteiger partial charge in [-0.05, 0) is 19.3 Å². The Bertz CT molecular complexity index is 1220. The van der Waals surface area contributed by atoms with Gasteiger partial charge in [-0.2, -0.15) is 8.42 Å². The van der Waals surface area contributed by atoms with E-state index in [1.165, 1.54) is 199 Å². The van der Waals surface area contributed by atoms with E-state index in [0.717, 1.165) is 38.5 Å². The third kappa shape index (κ3) is 35.9. The molecule has 392 valence electrons. The highest BCUT2D eigenvalue weighted by atomic mass is 32.3. The molecule has 1 fully saturated rings. The fourth-order valence-corrected chi connectivity index (χ4v) is 9.55. The van der Waals surface area contributed by atoms with Crippen LogP contribution in [0.1, 0.15) is 264 Å². The second-order valence-electron chi connectivity index (χ2n) is 19.5. The van der Waals surface area contributed by atoms with Crippen molar-refractivity contribution in [2.75, 3.05) is 13.2 Å². The van der Waals surface area contributed by atoms with E-state index in [1.807, 2.05) is 6.08 Å². The Morgan fingerprint density at radius 1 is 0.591 bits per heavy atom. The maximum atomic E-state index is 13.1. The number of allylic oxidation sites excluding steroid dienone is 1. The molecule has 0 aromatic rings. The molecule has 1 aliphatic heterocycles. The summed E-state index contributed by atoms with van der Waals surface area (Å²) in [7, 11) is -5.08. The molecule has 7 unspecified atom stereocenters. The Hall–Kier alpha value is -1.16. The molecule has 0 spiro atoms. The maximum Gasteiger partial charge on any atom is 0.397 e. The molecule has 0 saturated carbocycles. The van der Waals surface area contributed by atoms with Crippen LogP contribution in [0.4, 0.5) is 0 Å². The number of aliphatic hydroxyl groups excluding tert-OH is 4. The lowest BCUT2D eigenvalue weighted by molar-refractivity contribution is -0.298. The van der Waals surface area contributed by atoms with E-state index in [1.54, 1.807) is 6.08 Å². The zero-order chi connectivity index (χ0) is 48.4. The molecule has 0 aromatic heterocycles. The summed E-state index contributed by atoms with van der Waals surface area (Å²) in [5, 5.41) is 44.8. The van der Waals surface area contributed by atoms with Crippen molar-refractivity contribution in [1.82, 2.24) is 5.32 Å². The molecule has 7 atom stereocenters. The molecule has 66 heavy (non-hydrogen) atoms. The lowest BCUT2D eigenvalue weighted by atomic mass is 9.99. The molecular weight excluding hydrogens is 859 g/mol. The van der Waals surface area contributed by atoms with Crippen molar-refractivity contribution >= 4 is 16.3 Å². The Balaban J connectivity index is 2.32. The van der Waals surface area contributed by atoms with Crippen molar-refractivity contribution in [3.05, 3.63) is 12.2 Å². The number of carbonyl (C=O) groups excluding carboxylic acids is 1. The molecule has 1 aliphatic rings. The number of ether oxygens (including phenoxy) is 2. The van der Waals surface area contributed by atoms with Gasteiger partial charge in [0.15, 0.2) is 6.29 Å². The minimum atomic E-state index is -5.08. The van der Waals surface area contributed by atoms with E-state index in [4.69, 9.17) is 9.47 Å². The lowest BCUT2D eigenvalue weighted by Crippen LogP contribution is -2.61. The summed E-state index contributed by atoms with van der Waals surface area (Å²) < 4.78 is 47.7. The topological polar surface area (TPSA) is 192 Å². The Kier molecular flexibility index (Phi) is 41.7. The van der Waals surface area contributed by atoms with Crippen molar-refractivity contribution in [3.63, 3.8) is 0 Å². The van der Waals surface area contributed by atoms with E-state index < -0.39 is 59.9 Å². The van der Waals surface area contributed by atoms with E-state index in [9.17, 15) is 38.2 Å². The third-order valence-electron chi connectivity index (χ3n) is 13.3. The van der Waals surface area contributed by atoms with Crippen molar-refractivity contribution in [3.8, 4) is 0 Å². The van der Waals surface area contributed by atoms with Crippen molar-refractivity contribution in [2.45, 2.75) is 307 Å². The quantitative estimate of drug-likeness (QED) is 0.0193. The van der Waals surface area contributed by atoms with Gasteiger partial charge >= 0.3 is 10.4 Å². The average molecular weight is 962 g/mol. The zero-order valence-electron chi connectivity index (χ0n) is 42.3. The van der Waals surface area contributed by atoms with Crippen LogP contribution in [0.25, 0.3) is 0 Å². The summed E-state index contributed by atoms with van der Waals surface area (Å²) in [4.78, 5) is 13.1. The monoisotopic (exact) mass is 962 g/mol. The van der Waals surface area contributed by atoms with Gasteiger partial charge in [0.1, 0.15) is 24.4 Å². The van der Waals surface area contributed by atoms with E-state index in [-0.39, 0.29) is 18.9 Å². The number of hydrogen-bond acceptors (Lipinski definition) is 10. The molecule has 1 saturated heterocycles. The van der Waals surface area contributed by atoms with Gasteiger partial charge in [-0.15, -0.1) is 0 Å². The number of nitrogens with one attached hydrogen (secondary N) is 1. The van der Waals surface area contributed by atoms with Crippen molar-refractivity contribution in [1.29, 1.82) is 0 Å². The van der Waals surface area contributed by atoms with Crippen LogP contribution in [0, 0.1) is 0 Å². The van der Waals surface area contributed by atoms with Gasteiger partial charge in [0, 0.05) is 6.42 Å². The van der Waals surface area contributed by atoms with Gasteiger partial charge in [-0.3, -0.25) is 9.35 Å². The van der Waals surface area contributed by atoms with Gasteiger partial charge in [-0.1, -0.05) is 251 Å². The minimum absolute atomic E-state index is 0.257. The van der Waals surface area contributed by atoms with E-state index >= 15 is 0 Å². The zero-order valence-corrected chi connectivity index (χ0v) is 43.1. The first-order chi connectivity index (χ1) is 32.0. The van der Waals surface area contributed by atoms with Crippen LogP contribution in [0.3, 0.4) is 0 Å². The summed E-state index contributed by atoms with van der Waals surface area (Å²) in [6, 6.07) is -0.939. The second-order valence-corrected chi connectivity index (χ2v) is 20.6. The number of aliphatic hydroxyl groups is 4. The molecule has 0 aliphatic carbocycles. The molecule has 1 rings (SSSR count). The Morgan fingerprint density at radius 2 is 0.955 bits per heavy atom. The maximum absolute atomic E-state index is 13.1. The van der Waals surface area contributed by atoms with Crippen LogP contribution in [0.2, 0.25) is 0 Å². The summed E-state index contributed by atoms with van der Waals surface area (Å²) >= 11 is 0. The molecule has 0 aromatic carbocycles. The van der Waals surface area contributed by atoms with Crippen molar-refractivity contribution in [2.24, 2.45) is 0 Å². The fraction of sp³-hybridized carbons (Fsp3) is 0.943. The highest BCUT2D eigenvalue weighted by Gasteiger charge is 2.48. The largest absolute Gasteiger partial charge is 0.397 e. The normalized spacial score (nSPS) is 20.0. The summed E-state index contributed by atoms with van der Waals surface area (Å²) in [6.07, 6.45) is 42.7. The van der Waals surface area contributed by atoms with Crippen LogP contribution >= 0.6 is 0 Å². The summed E-state index contributed by atoms with van der Waals surface area (Å²) in [5.41, 5.74) is 0. The molecule has 0 bridgehead atoms. The number of rotatable bonds is 48. The SMILES string of the molecule is CCCCCCCCCCCCC/C=C/C(O)C(COC1OC(CO)C(O)C(OS(=O)(=O)O)C1O)NC(=O)CCCCCCCCCCCCCCCCCCCCCCCCCCCC. The van der Waals surface area contributed by atoms with Gasteiger partial charge in [0.05, 0.1) is 25.4 Å². The first-order valence-corrected chi connectivity index (χ1v) is 28.9. The van der Waals surface area contributed by atoms with Crippen LogP contribution in [-0.4, -0.2) is 95.4 Å². The minimum Gasteiger partial charge on any atom is -0.394 e. The lowest BCUT2D eigenvalue weighted by Gasteiger charge is -2.41. The highest BCUT2D eigenvalue weighted by molar-refractivity contribution is 7.80. The third-order valence-corrected chi connectivity index (χ3v) is 13.8. The van der Waals surface area contributed by atoms with E-state index in [2.05, 4.69) is 23.3 Å². The number of unbranched alkanes of at least 4 members (excludes halogenated alkanes) is 36. The van der Waals surface area contributed by atoms with Gasteiger partial charge in [0.2, 0.25) is 5.91 Å².